The van der Waals surface area contributed by atoms with Crippen molar-refractivity contribution in [1.29, 1.82) is 0 Å². The molecule has 0 heterocycles. The number of ketones is 1. The summed E-state index contributed by atoms with van der Waals surface area (Å²) < 4.78 is 0. The van der Waals surface area contributed by atoms with E-state index < -0.39 is 17.9 Å². The van der Waals surface area contributed by atoms with Gasteiger partial charge in [0.05, 0.1) is 0 Å². The van der Waals surface area contributed by atoms with E-state index in [1.165, 1.54) is 6.92 Å². The largest absolute Gasteiger partial charge is 0.480 e. The molecule has 2 N–H and O–H groups in total. The summed E-state index contributed by atoms with van der Waals surface area (Å²) in [5, 5.41) is 11.6. The highest BCUT2D eigenvalue weighted by atomic mass is 16.4. The highest BCUT2D eigenvalue weighted by Crippen LogP contribution is 2.22. The normalized spacial score (nSPS) is 12.5. The Morgan fingerprint density at radius 2 is 1.68 bits per heavy atom. The van der Waals surface area contributed by atoms with Gasteiger partial charge in [0, 0.05) is 12.0 Å². The maximum absolute atomic E-state index is 12.1. The number of carboxylic acids is 1. The molecule has 0 fully saturated rings. The Labute approximate surface area is 130 Å². The number of hydrogen-bond donors (Lipinski definition) is 2. The zero-order valence-corrected chi connectivity index (χ0v) is 13.5. The number of aliphatic carboxylic acids is 1. The van der Waals surface area contributed by atoms with Crippen molar-refractivity contribution in [3.63, 3.8) is 0 Å². The van der Waals surface area contributed by atoms with Crippen molar-refractivity contribution in [3.05, 3.63) is 35.4 Å². The first-order chi connectivity index (χ1) is 10.1. The summed E-state index contributed by atoms with van der Waals surface area (Å²) in [6.07, 6.45) is 0.219. The number of rotatable bonds is 6. The van der Waals surface area contributed by atoms with Gasteiger partial charge in [-0.05, 0) is 36.5 Å². The number of carbonyl (C=O) groups excluding carboxylic acids is 2. The second-order valence-corrected chi connectivity index (χ2v) is 6.43. The zero-order valence-electron chi connectivity index (χ0n) is 13.5. The van der Waals surface area contributed by atoms with Crippen LogP contribution >= 0.6 is 0 Å². The summed E-state index contributed by atoms with van der Waals surface area (Å²) in [7, 11) is 0. The molecular formula is C17H23NO4. The first-order valence-electron chi connectivity index (χ1n) is 7.25. The van der Waals surface area contributed by atoms with Crippen molar-refractivity contribution >= 4 is 17.7 Å². The van der Waals surface area contributed by atoms with E-state index in [4.69, 9.17) is 5.11 Å². The predicted molar refractivity (Wildman–Crippen MR) is 83.9 cm³/mol. The standard InChI is InChI=1S/C17H23NO4/c1-11(19)5-10-14(16(21)22)18-15(20)12-6-8-13(9-7-12)17(2,3)4/h6-9,14H,5,10H2,1-4H3,(H,18,20)(H,21,22)/t14-/m0/s1. The fraction of sp³-hybridized carbons (Fsp3) is 0.471. The zero-order chi connectivity index (χ0) is 16.9. The van der Waals surface area contributed by atoms with E-state index in [0.717, 1.165) is 5.56 Å². The minimum absolute atomic E-state index is 0.0138. The highest BCUT2D eigenvalue weighted by molar-refractivity contribution is 5.96. The molecule has 0 bridgehead atoms. The van der Waals surface area contributed by atoms with Gasteiger partial charge in [0.1, 0.15) is 11.8 Å². The molecule has 1 aromatic rings. The summed E-state index contributed by atoms with van der Waals surface area (Å²) in [6.45, 7) is 7.62. The van der Waals surface area contributed by atoms with Crippen LogP contribution in [-0.4, -0.2) is 28.8 Å². The lowest BCUT2D eigenvalue weighted by Gasteiger charge is -2.19. The van der Waals surface area contributed by atoms with Crippen LogP contribution in [-0.2, 0) is 15.0 Å². The average Bonchev–Trinajstić information content (AvgIpc) is 2.41. The minimum atomic E-state index is -1.14. The number of amides is 1. The van der Waals surface area contributed by atoms with Crippen LogP contribution in [0.25, 0.3) is 0 Å². The predicted octanol–water partition coefficient (Wildman–Crippen LogP) is 2.54. The van der Waals surface area contributed by atoms with Crippen LogP contribution in [0, 0.1) is 0 Å². The Kier molecular flexibility index (Phi) is 5.85. The van der Waals surface area contributed by atoms with Crippen molar-refractivity contribution in [2.75, 3.05) is 0 Å². The number of hydrogen-bond acceptors (Lipinski definition) is 3. The SMILES string of the molecule is CC(=O)CC[C@H](NC(=O)c1ccc(C(C)(C)C)cc1)C(=O)O. The lowest BCUT2D eigenvalue weighted by Crippen LogP contribution is -2.41. The highest BCUT2D eigenvalue weighted by Gasteiger charge is 2.21. The van der Waals surface area contributed by atoms with Crippen molar-refractivity contribution in [1.82, 2.24) is 5.32 Å². The van der Waals surface area contributed by atoms with E-state index in [-0.39, 0.29) is 24.0 Å². The van der Waals surface area contributed by atoms with Crippen molar-refractivity contribution in [2.24, 2.45) is 0 Å². The Bertz CT molecular complexity index is 555. The molecule has 0 saturated carbocycles. The molecule has 22 heavy (non-hydrogen) atoms. The maximum atomic E-state index is 12.1. The van der Waals surface area contributed by atoms with Gasteiger partial charge in [-0.1, -0.05) is 32.9 Å². The number of carbonyl (C=O) groups is 3. The second kappa shape index (κ2) is 7.20. The van der Waals surface area contributed by atoms with Crippen LogP contribution in [0.5, 0.6) is 0 Å². The quantitative estimate of drug-likeness (QED) is 0.846. The molecule has 5 nitrogen and oxygen atoms in total. The molecule has 0 saturated heterocycles. The number of carboxylic acid groups (broad SMARTS) is 1. The Hall–Kier alpha value is -2.17. The fourth-order valence-corrected chi connectivity index (χ4v) is 1.97. The van der Waals surface area contributed by atoms with E-state index in [0.29, 0.717) is 5.56 Å². The molecule has 5 heteroatoms. The van der Waals surface area contributed by atoms with E-state index in [1.807, 2.05) is 12.1 Å². The summed E-state index contributed by atoms with van der Waals surface area (Å²) in [4.78, 5) is 34.2. The molecule has 0 aliphatic rings. The third kappa shape index (κ3) is 5.31. The van der Waals surface area contributed by atoms with E-state index in [2.05, 4.69) is 26.1 Å². The van der Waals surface area contributed by atoms with Crippen molar-refractivity contribution in [2.45, 2.75) is 52.0 Å². The van der Waals surface area contributed by atoms with Crippen LogP contribution in [0.15, 0.2) is 24.3 Å². The fourth-order valence-electron chi connectivity index (χ4n) is 1.97. The van der Waals surface area contributed by atoms with Gasteiger partial charge in [-0.3, -0.25) is 4.79 Å². The van der Waals surface area contributed by atoms with Crippen LogP contribution in [0.3, 0.4) is 0 Å². The summed E-state index contributed by atoms with van der Waals surface area (Å²) >= 11 is 0. The molecule has 0 aromatic heterocycles. The van der Waals surface area contributed by atoms with Crippen molar-refractivity contribution in [3.8, 4) is 0 Å². The second-order valence-electron chi connectivity index (χ2n) is 6.43. The summed E-state index contributed by atoms with van der Waals surface area (Å²) in [5.41, 5.74) is 1.48. The first kappa shape index (κ1) is 17.9. The molecule has 1 rings (SSSR count). The lowest BCUT2D eigenvalue weighted by atomic mass is 9.86. The minimum Gasteiger partial charge on any atom is -0.480 e. The van der Waals surface area contributed by atoms with Gasteiger partial charge < -0.3 is 15.2 Å². The van der Waals surface area contributed by atoms with Crippen LogP contribution in [0.2, 0.25) is 0 Å². The molecular weight excluding hydrogens is 282 g/mol. The number of Topliss-reactive ketones (excluding diaryl/α,β-unsaturated/α-hetero) is 1. The number of benzene rings is 1. The maximum Gasteiger partial charge on any atom is 0.326 e. The lowest BCUT2D eigenvalue weighted by molar-refractivity contribution is -0.139. The van der Waals surface area contributed by atoms with E-state index in [1.54, 1.807) is 12.1 Å². The summed E-state index contributed by atoms with van der Waals surface area (Å²) in [6, 6.07) is 6.03. The van der Waals surface area contributed by atoms with Crippen LogP contribution in [0.4, 0.5) is 0 Å². The third-order valence-corrected chi connectivity index (χ3v) is 3.40. The molecule has 1 aromatic carbocycles. The Morgan fingerprint density at radius 3 is 2.09 bits per heavy atom. The van der Waals surface area contributed by atoms with Gasteiger partial charge in [-0.25, -0.2) is 4.79 Å². The molecule has 0 aliphatic carbocycles. The van der Waals surface area contributed by atoms with Gasteiger partial charge in [0.25, 0.3) is 5.91 Å². The van der Waals surface area contributed by atoms with Gasteiger partial charge in [0.15, 0.2) is 0 Å². The van der Waals surface area contributed by atoms with Gasteiger partial charge >= 0.3 is 5.97 Å². The topological polar surface area (TPSA) is 83.5 Å². The first-order valence-corrected chi connectivity index (χ1v) is 7.25. The Balaban J connectivity index is 2.77. The Morgan fingerprint density at radius 1 is 1.14 bits per heavy atom. The van der Waals surface area contributed by atoms with Crippen molar-refractivity contribution < 1.29 is 19.5 Å². The number of nitrogens with one attached hydrogen (secondary N) is 1. The molecule has 0 aliphatic heterocycles. The molecule has 0 unspecified atom stereocenters. The van der Waals surface area contributed by atoms with Crippen LogP contribution in [0.1, 0.15) is 56.5 Å². The van der Waals surface area contributed by atoms with Gasteiger partial charge in [-0.15, -0.1) is 0 Å². The van der Waals surface area contributed by atoms with Gasteiger partial charge in [0.2, 0.25) is 0 Å². The molecule has 1 amide bonds. The van der Waals surface area contributed by atoms with E-state index >= 15 is 0 Å². The third-order valence-electron chi connectivity index (χ3n) is 3.40. The average molecular weight is 305 g/mol. The summed E-state index contributed by atoms with van der Waals surface area (Å²) in [5.74, 6) is -1.69. The van der Waals surface area contributed by atoms with Gasteiger partial charge in [-0.2, -0.15) is 0 Å². The molecule has 1 atom stereocenters. The molecule has 0 spiro atoms. The molecule has 0 radical (unpaired) electrons. The monoisotopic (exact) mass is 305 g/mol. The van der Waals surface area contributed by atoms with E-state index in [9.17, 15) is 14.4 Å². The smallest absolute Gasteiger partial charge is 0.326 e. The molecule has 120 valence electrons. The van der Waals surface area contributed by atoms with Crippen LogP contribution < -0.4 is 5.32 Å².